The largest absolute Gasteiger partial charge is 2.00 e. The third-order valence-electron chi connectivity index (χ3n) is 20.7. The van der Waals surface area contributed by atoms with Gasteiger partial charge in [-0.1, -0.05) is 487 Å². The van der Waals surface area contributed by atoms with Crippen molar-refractivity contribution < 1.29 is 21.3 Å². The molecule has 3 heteroatoms. The monoisotopic (exact) mass is 1410 g/mol. The van der Waals surface area contributed by atoms with Gasteiger partial charge in [0, 0.05) is 12.0 Å². The van der Waals surface area contributed by atoms with Crippen molar-refractivity contribution in [3.8, 4) is 11.8 Å². The number of benzene rings is 2. The first-order chi connectivity index (χ1) is 48.5. The topological polar surface area (TPSA) is 36.4 Å². The van der Waals surface area contributed by atoms with E-state index in [0.29, 0.717) is 0 Å². The van der Waals surface area contributed by atoms with E-state index >= 15 is 0 Å². The average molecular weight is 1410 g/mol. The number of hydrogen-bond donors (Lipinski definition) is 0. The molecule has 574 valence electrons. The molecule has 2 aromatic rings. The molecule has 0 unspecified atom stereocenters. The maximum absolute atomic E-state index is 9.80. The van der Waals surface area contributed by atoms with E-state index in [1.807, 2.05) is 0 Å². The van der Waals surface area contributed by atoms with Crippen LogP contribution in [0.25, 0.3) is 11.1 Å². The first-order valence-corrected chi connectivity index (χ1v) is 44.5. The Morgan fingerprint density at radius 2 is 0.556 bits per heavy atom. The van der Waals surface area contributed by atoms with Crippen LogP contribution >= 0.6 is 0 Å². The van der Waals surface area contributed by atoms with E-state index in [1.165, 1.54) is 414 Å². The van der Waals surface area contributed by atoms with Crippen LogP contribution < -0.4 is 0 Å². The molecule has 0 N–H and O–H groups in total. The van der Waals surface area contributed by atoms with Crippen molar-refractivity contribution in [2.24, 2.45) is 0 Å². The minimum atomic E-state index is 0. The van der Waals surface area contributed by atoms with Gasteiger partial charge >= 0.3 is 22.4 Å². The van der Waals surface area contributed by atoms with Crippen LogP contribution in [-0.4, -0.2) is 10.7 Å². The first-order valence-electron chi connectivity index (χ1n) is 44.5. The Bertz CT molecular complexity index is 2020. The Morgan fingerprint density at radius 1 is 0.313 bits per heavy atom. The van der Waals surface area contributed by atoms with E-state index < -0.39 is 0 Å². The summed E-state index contributed by atoms with van der Waals surface area (Å²) in [5, 5.41) is 0. The molecule has 0 bridgehead atoms. The van der Waals surface area contributed by atoms with Gasteiger partial charge in [0.1, 0.15) is 0 Å². The van der Waals surface area contributed by atoms with Crippen molar-refractivity contribution in [3.05, 3.63) is 101 Å². The molecule has 99 heavy (non-hydrogen) atoms. The summed E-state index contributed by atoms with van der Waals surface area (Å²) in [5.74, 6) is 10.3. The van der Waals surface area contributed by atoms with Crippen molar-refractivity contribution in [1.82, 2.24) is 0 Å². The van der Waals surface area contributed by atoms with Gasteiger partial charge in [-0.3, -0.25) is 0 Å². The molecular weight excluding hydrogens is 1240 g/mol. The van der Waals surface area contributed by atoms with E-state index in [2.05, 4.69) is 126 Å². The van der Waals surface area contributed by atoms with Gasteiger partial charge in [-0.15, -0.1) is 4.79 Å². The van der Waals surface area contributed by atoms with Gasteiger partial charge in [0.05, 0.1) is 11.1 Å². The summed E-state index contributed by atoms with van der Waals surface area (Å²) in [7, 11) is 0. The Hall–Kier alpha value is -2.61. The van der Waals surface area contributed by atoms with Gasteiger partial charge in [-0.25, -0.2) is 0 Å². The molecular formula is C96H170N2Ni. The minimum absolute atomic E-state index is 0. The Balaban J connectivity index is 0. The standard InChI is InChI=1S/C48H72N2.2C24H49.Ni/c1-5-9-13-15-17-18-19-20-21-22-23-25-28-38-47(46(41-50-49)35-12-8-4)48(44-36-29-33-42(39-44)31-26-11-7-3)45-37-30-34-43(40-45)32-27-24-16-14-10-6-2;2*1-3-5-7-9-11-13-15-17-19-21-23-24-22-20-18-16-14-12-10-8-6-4-2;/h29-30,33-34,36-37,39-40H,5-27,31-32,35H2,1-4H3;2*1,3-24H2,2H3;/q;2*-1;+2. The molecule has 0 aliphatic heterocycles. The van der Waals surface area contributed by atoms with Gasteiger partial charge in [-0.05, 0) is 67.2 Å². The van der Waals surface area contributed by atoms with E-state index in [4.69, 9.17) is 0 Å². The normalized spacial score (nSPS) is 11.2. The first kappa shape index (κ1) is 98.4. The van der Waals surface area contributed by atoms with Crippen LogP contribution in [0, 0.1) is 25.7 Å². The van der Waals surface area contributed by atoms with Gasteiger partial charge in [0.2, 0.25) is 0 Å². The summed E-state index contributed by atoms with van der Waals surface area (Å²) >= 11 is 0. The quantitative estimate of drug-likeness (QED) is 0.00925. The van der Waals surface area contributed by atoms with Crippen LogP contribution in [0.1, 0.15) is 500 Å². The molecule has 0 saturated carbocycles. The molecule has 0 aliphatic rings. The summed E-state index contributed by atoms with van der Waals surface area (Å²) in [4.78, 5) is 3.46. The van der Waals surface area contributed by atoms with Gasteiger partial charge in [0.25, 0.3) is 0 Å². The summed E-state index contributed by atoms with van der Waals surface area (Å²) in [6.07, 6.45) is 95.7. The van der Waals surface area contributed by atoms with E-state index in [-0.39, 0.29) is 16.5 Å². The van der Waals surface area contributed by atoms with E-state index in [9.17, 15) is 5.53 Å². The Kier molecular flexibility index (Phi) is 83.9. The fourth-order valence-electron chi connectivity index (χ4n) is 14.1. The molecule has 0 fully saturated rings. The fraction of sp³-hybridized carbons (Fsp3) is 0.792. The summed E-state index contributed by atoms with van der Waals surface area (Å²) in [5.41, 5.74) is 18.0. The molecule has 2 aromatic carbocycles. The van der Waals surface area contributed by atoms with Crippen molar-refractivity contribution in [2.75, 3.05) is 0 Å². The van der Waals surface area contributed by atoms with Crippen LogP contribution in [0.2, 0.25) is 0 Å². The third-order valence-corrected chi connectivity index (χ3v) is 20.7. The molecule has 0 heterocycles. The molecule has 0 saturated heterocycles. The number of unbranched alkanes of at least 4 members (excludes halogenated alkanes) is 61. The Labute approximate surface area is 632 Å². The number of hydrogen-bond acceptors (Lipinski definition) is 0. The molecule has 2 rings (SSSR count). The van der Waals surface area contributed by atoms with Gasteiger partial charge in [0.15, 0.2) is 0 Å². The van der Waals surface area contributed by atoms with Gasteiger partial charge < -0.3 is 19.4 Å². The smallest absolute Gasteiger partial charge is 0.348 e. The number of rotatable bonds is 70. The zero-order valence-corrected chi connectivity index (χ0v) is 68.7. The Morgan fingerprint density at radius 3 is 0.828 bits per heavy atom. The predicted octanol–water partition coefficient (Wildman–Crippen LogP) is 33.7. The second-order valence-corrected chi connectivity index (χ2v) is 30.4. The minimum Gasteiger partial charge on any atom is -0.348 e. The summed E-state index contributed by atoms with van der Waals surface area (Å²) < 4.78 is 0. The van der Waals surface area contributed by atoms with Crippen molar-refractivity contribution in [3.63, 3.8) is 0 Å². The van der Waals surface area contributed by atoms with Crippen LogP contribution in [0.3, 0.4) is 0 Å². The molecule has 2 nitrogen and oxygen atoms in total. The van der Waals surface area contributed by atoms with Crippen molar-refractivity contribution in [1.29, 1.82) is 0 Å². The molecule has 0 aliphatic carbocycles. The number of allylic oxidation sites excluding steroid dienone is 2. The van der Waals surface area contributed by atoms with Crippen molar-refractivity contribution >= 4 is 11.4 Å². The maximum atomic E-state index is 9.80. The van der Waals surface area contributed by atoms with Crippen LogP contribution in [-0.2, 0) is 29.3 Å². The van der Waals surface area contributed by atoms with Gasteiger partial charge in [-0.2, -0.15) is 12.8 Å². The summed E-state index contributed by atoms with van der Waals surface area (Å²) in [6.45, 7) is 21.5. The molecule has 0 aromatic heterocycles. The number of aryl methyl sites for hydroxylation is 2. The predicted molar refractivity (Wildman–Crippen MR) is 445 cm³/mol. The fourth-order valence-corrected chi connectivity index (χ4v) is 14.1. The molecule has 0 spiro atoms. The van der Waals surface area contributed by atoms with Crippen LogP contribution in [0.5, 0.6) is 0 Å². The van der Waals surface area contributed by atoms with Crippen LogP contribution in [0.4, 0.5) is 0 Å². The number of nitrogens with zero attached hydrogens (tertiary/aromatic N) is 2. The van der Waals surface area contributed by atoms with E-state index in [1.54, 1.807) is 0 Å². The third kappa shape index (κ3) is 68.3. The second-order valence-electron chi connectivity index (χ2n) is 30.4. The molecule has 0 amide bonds. The average Bonchev–Trinajstić information content (AvgIpc) is 0.803. The van der Waals surface area contributed by atoms with Crippen LogP contribution in [0.15, 0.2) is 59.7 Å². The summed E-state index contributed by atoms with van der Waals surface area (Å²) in [6, 6.07) is 18.3. The molecule has 0 radical (unpaired) electrons. The maximum Gasteiger partial charge on any atom is 2.00 e. The second kappa shape index (κ2) is 84.3. The van der Waals surface area contributed by atoms with Crippen molar-refractivity contribution in [2.45, 2.75) is 491 Å². The SMILES string of the molecule is CCCCCCCCCCCCCC#CC(C(=C=[N+]=[N-])CCCC)=C(c1cccc(CCCCC)c1)c1cccc(CCCCCCCC)c1.[CH2-]CCCCCCCCCCCCCCCCCCCCCCC.[CH2-]CCCCCCCCCCCCCCCCCCCCCCC.[Ni+2]. The zero-order chi connectivity index (χ0) is 71.0. The zero-order valence-electron chi connectivity index (χ0n) is 67.7. The molecule has 0 atom stereocenters. The van der Waals surface area contributed by atoms with E-state index in [0.717, 1.165) is 74.5 Å².